The summed E-state index contributed by atoms with van der Waals surface area (Å²) in [5, 5.41) is 7.03. The van der Waals surface area contributed by atoms with Crippen molar-refractivity contribution in [3.8, 4) is 39.6 Å². The molecular formula is C63H61IrN5OSi-2. The summed E-state index contributed by atoms with van der Waals surface area (Å²) in [7, 11) is -1.39. The number of pyridine rings is 3. The van der Waals surface area contributed by atoms with Crippen LogP contribution < -0.4 is 5.19 Å². The van der Waals surface area contributed by atoms with E-state index in [1.54, 1.807) is 0 Å². The Bertz CT molecular complexity index is 3770. The first-order chi connectivity index (χ1) is 33.4. The number of furan rings is 1. The minimum atomic E-state index is -1.39. The van der Waals surface area contributed by atoms with Crippen LogP contribution in [0.5, 0.6) is 0 Å². The molecule has 0 N–H and O–H groups in total. The molecule has 0 atom stereocenters. The van der Waals surface area contributed by atoms with Crippen LogP contribution in [0.25, 0.3) is 94.4 Å². The van der Waals surface area contributed by atoms with E-state index in [1.807, 2.05) is 19.1 Å². The van der Waals surface area contributed by atoms with Gasteiger partial charge in [-0.25, -0.2) is 4.98 Å². The Morgan fingerprint density at radius 2 is 1.39 bits per heavy atom. The number of aromatic nitrogens is 5. The Kier molecular flexibility index (Phi) is 13.4. The Balaban J connectivity index is 0.000000211. The number of rotatable bonds is 7. The molecule has 8 heteroatoms. The molecule has 1 radical (unpaired) electrons. The van der Waals surface area contributed by atoms with Gasteiger partial charge in [-0.15, -0.1) is 46.8 Å². The van der Waals surface area contributed by atoms with Gasteiger partial charge >= 0.3 is 0 Å². The van der Waals surface area contributed by atoms with Gasteiger partial charge in [0, 0.05) is 54.0 Å². The van der Waals surface area contributed by atoms with Gasteiger partial charge in [-0.2, -0.15) is 0 Å². The van der Waals surface area contributed by atoms with Gasteiger partial charge in [-0.3, -0.25) is 9.97 Å². The Hall–Kier alpha value is -6.57. The summed E-state index contributed by atoms with van der Waals surface area (Å²) in [6.07, 6.45) is 3.24. The van der Waals surface area contributed by atoms with Gasteiger partial charge < -0.3 is 14.0 Å². The van der Waals surface area contributed by atoms with Crippen LogP contribution >= 0.6 is 0 Å². The second-order valence-corrected chi connectivity index (χ2v) is 26.5. The standard InChI is InChI=1S/C41H35N4O.C22H26NSi.Ir/c1-23-9-8-10-24(2)35(23)33-20-19-30-36-25(3)11-17-31(38(36)46-40(30)44-33)39-43-34-22-21-32-29(18-12-26(4)42-32)37(34)45(39)28-15-13-27(14-16-28)41(5,6)7;1-16(2)13-18-14-21(23-15-22(18)24(3,4)5)20-12-8-10-17-9-6-7-11-19(17)20;/h8-16,18-22H,1-7H3;6-11,14-16H,13H2,1-5H3;/q2*-1;. The smallest absolute Gasteiger partial charge is 0.216 e. The number of aryl methyl sites for hydroxylation is 4. The van der Waals surface area contributed by atoms with Crippen LogP contribution in [0.15, 0.2) is 138 Å². The van der Waals surface area contributed by atoms with Gasteiger partial charge in [0.2, 0.25) is 5.71 Å². The first-order valence-electron chi connectivity index (χ1n) is 24.5. The zero-order valence-corrected chi connectivity index (χ0v) is 46.4. The van der Waals surface area contributed by atoms with E-state index < -0.39 is 8.07 Å². The second-order valence-electron chi connectivity index (χ2n) is 21.5. The fourth-order valence-corrected chi connectivity index (χ4v) is 11.7. The fourth-order valence-electron chi connectivity index (χ4n) is 10.1. The van der Waals surface area contributed by atoms with E-state index in [0.29, 0.717) is 11.6 Å². The van der Waals surface area contributed by atoms with Crippen LogP contribution in [0, 0.1) is 45.7 Å². The molecule has 0 spiro atoms. The first kappa shape index (κ1) is 49.4. The van der Waals surface area contributed by atoms with Gasteiger partial charge in [0.25, 0.3) is 0 Å². The van der Waals surface area contributed by atoms with E-state index in [2.05, 4.69) is 213 Å². The zero-order valence-electron chi connectivity index (χ0n) is 43.0. The van der Waals surface area contributed by atoms with Crippen molar-refractivity contribution in [3.05, 3.63) is 179 Å². The molecule has 6 aromatic carbocycles. The van der Waals surface area contributed by atoms with Gasteiger partial charge in [0.15, 0.2) is 0 Å². The third-order valence-corrected chi connectivity index (χ3v) is 15.7. The predicted molar refractivity (Wildman–Crippen MR) is 296 cm³/mol. The van der Waals surface area contributed by atoms with E-state index in [4.69, 9.17) is 24.4 Å². The molecule has 71 heavy (non-hydrogen) atoms. The molecule has 0 saturated heterocycles. The van der Waals surface area contributed by atoms with Crippen molar-refractivity contribution in [3.63, 3.8) is 0 Å². The molecule has 0 amide bonds. The van der Waals surface area contributed by atoms with Crippen molar-refractivity contribution in [2.75, 3.05) is 0 Å². The summed E-state index contributed by atoms with van der Waals surface area (Å²) >= 11 is 0. The molecule has 0 aliphatic rings. The number of hydrogen-bond acceptors (Lipinski definition) is 5. The van der Waals surface area contributed by atoms with Crippen molar-refractivity contribution in [1.82, 2.24) is 24.5 Å². The topological polar surface area (TPSA) is 69.6 Å². The number of fused-ring (bicyclic) bond motifs is 7. The summed E-state index contributed by atoms with van der Waals surface area (Å²) in [6, 6.07) is 51.7. The van der Waals surface area contributed by atoms with Crippen molar-refractivity contribution in [2.24, 2.45) is 5.92 Å². The van der Waals surface area contributed by atoms with Gasteiger partial charge in [-0.05, 0) is 115 Å². The van der Waals surface area contributed by atoms with Crippen LogP contribution in [-0.2, 0) is 31.9 Å². The molecular weight excluding hydrogens is 1060 g/mol. The molecule has 0 saturated carbocycles. The van der Waals surface area contributed by atoms with Crippen LogP contribution in [0.1, 0.15) is 68.1 Å². The predicted octanol–water partition coefficient (Wildman–Crippen LogP) is 16.0. The summed E-state index contributed by atoms with van der Waals surface area (Å²) < 4.78 is 8.95. The first-order valence-corrected chi connectivity index (χ1v) is 28.0. The summed E-state index contributed by atoms with van der Waals surface area (Å²) in [6.45, 7) is 26.9. The molecule has 0 fully saturated rings. The van der Waals surface area contributed by atoms with Crippen molar-refractivity contribution >= 4 is 68.0 Å². The van der Waals surface area contributed by atoms with E-state index >= 15 is 0 Å². The Morgan fingerprint density at radius 3 is 2.11 bits per heavy atom. The van der Waals surface area contributed by atoms with Crippen molar-refractivity contribution < 1.29 is 24.5 Å². The zero-order chi connectivity index (χ0) is 49.2. The van der Waals surface area contributed by atoms with E-state index in [9.17, 15) is 0 Å². The van der Waals surface area contributed by atoms with E-state index in [1.165, 1.54) is 38.2 Å². The quantitative estimate of drug-likeness (QED) is 0.117. The Labute approximate surface area is 433 Å². The summed E-state index contributed by atoms with van der Waals surface area (Å²) in [4.78, 5) is 20.0. The van der Waals surface area contributed by atoms with Crippen LogP contribution in [0.2, 0.25) is 19.6 Å². The van der Waals surface area contributed by atoms with Gasteiger partial charge in [0.1, 0.15) is 0 Å². The maximum absolute atomic E-state index is 6.71. The normalized spacial score (nSPS) is 12.0. The summed E-state index contributed by atoms with van der Waals surface area (Å²) in [5.74, 6) is 1.41. The van der Waals surface area contributed by atoms with Crippen LogP contribution in [-0.4, -0.2) is 32.6 Å². The van der Waals surface area contributed by atoms with Gasteiger partial charge in [0.05, 0.1) is 41.7 Å². The summed E-state index contributed by atoms with van der Waals surface area (Å²) in [5.41, 5.74) is 17.5. The Morgan fingerprint density at radius 1 is 0.676 bits per heavy atom. The molecule has 5 aromatic heterocycles. The number of imidazole rings is 1. The molecule has 11 aromatic rings. The number of benzene rings is 6. The molecule has 5 heterocycles. The monoisotopic (exact) mass is 1120 g/mol. The number of hydrogen-bond donors (Lipinski definition) is 0. The average Bonchev–Trinajstić information content (AvgIpc) is 3.91. The molecule has 6 nitrogen and oxygen atoms in total. The maximum atomic E-state index is 6.71. The second kappa shape index (κ2) is 19.2. The molecule has 11 rings (SSSR count). The average molecular weight is 1120 g/mol. The SMILES string of the molecule is CC(C)Cc1cc(-c2[c-]ccc3ccccc23)ncc1[Si](C)(C)C.Cc1ccc2c(ccc3nc(-c4[c-]cc(C)c5c4oc4nc(-c6c(C)cccc6C)ccc45)n(-c4ccc(C(C)(C)C)cc4)c32)n1.[Ir]. The third kappa shape index (κ3) is 9.42. The van der Waals surface area contributed by atoms with Gasteiger partial charge in [-0.1, -0.05) is 144 Å². The maximum Gasteiger partial charge on any atom is 0.216 e. The fraction of sp³-hybridized carbons (Fsp3) is 0.238. The third-order valence-electron chi connectivity index (χ3n) is 13.6. The van der Waals surface area contributed by atoms with E-state index in [-0.39, 0.29) is 25.5 Å². The van der Waals surface area contributed by atoms with Crippen LogP contribution in [0.3, 0.4) is 0 Å². The largest absolute Gasteiger partial charge is 0.486 e. The van der Waals surface area contributed by atoms with Crippen molar-refractivity contribution in [2.45, 2.75) is 93.8 Å². The number of nitrogens with zero attached hydrogens (tertiary/aromatic N) is 5. The molecule has 359 valence electrons. The van der Waals surface area contributed by atoms with E-state index in [0.717, 1.165) is 95.6 Å². The minimum Gasteiger partial charge on any atom is -0.486 e. The minimum absolute atomic E-state index is 0. The molecule has 0 bridgehead atoms. The molecule has 0 aliphatic carbocycles. The van der Waals surface area contributed by atoms with Crippen molar-refractivity contribution in [1.29, 1.82) is 0 Å². The van der Waals surface area contributed by atoms with Crippen LogP contribution in [0.4, 0.5) is 0 Å². The molecule has 0 aliphatic heterocycles. The molecule has 0 unspecified atom stereocenters.